The van der Waals surface area contributed by atoms with Crippen molar-refractivity contribution in [2.75, 3.05) is 19.7 Å². The van der Waals surface area contributed by atoms with Crippen molar-refractivity contribution in [1.29, 1.82) is 0 Å². The van der Waals surface area contributed by atoms with Crippen LogP contribution < -0.4 is 5.73 Å². The van der Waals surface area contributed by atoms with E-state index in [4.69, 9.17) is 10.8 Å². The molecule has 0 radical (unpaired) electrons. The molecule has 1 saturated heterocycles. The minimum atomic E-state index is 0.110. The minimum Gasteiger partial charge on any atom is -0.396 e. The second kappa shape index (κ2) is 4.82. The number of hydrogen-bond acceptors (Lipinski definition) is 3. The Kier molecular flexibility index (Phi) is 3.70. The molecule has 2 aliphatic rings. The third kappa shape index (κ3) is 2.41. The van der Waals surface area contributed by atoms with Gasteiger partial charge in [-0.15, -0.1) is 0 Å². The Morgan fingerprint density at radius 1 is 1.50 bits per heavy atom. The van der Waals surface area contributed by atoms with E-state index < -0.39 is 0 Å². The summed E-state index contributed by atoms with van der Waals surface area (Å²) in [5, 5.41) is 9.16. The lowest BCUT2D eigenvalue weighted by Gasteiger charge is -2.33. The molecule has 4 heteroatoms. The van der Waals surface area contributed by atoms with Crippen LogP contribution in [0.1, 0.15) is 33.6 Å². The number of rotatable bonds is 3. The number of hydrogen-bond donors (Lipinski definition) is 2. The molecule has 4 nitrogen and oxygen atoms in total. The topological polar surface area (TPSA) is 66.6 Å². The summed E-state index contributed by atoms with van der Waals surface area (Å²) in [4.78, 5) is 13.8. The summed E-state index contributed by atoms with van der Waals surface area (Å²) in [6.07, 6.45) is 1.62. The normalized spacial score (nSPS) is 39.6. The molecular formula is C14H26N2O2. The predicted octanol–water partition coefficient (Wildman–Crippen LogP) is 0.837. The molecule has 0 aromatic heterocycles. The summed E-state index contributed by atoms with van der Waals surface area (Å²) in [6, 6.07) is 0.181. The molecule has 1 aliphatic carbocycles. The van der Waals surface area contributed by atoms with Crippen molar-refractivity contribution in [3.05, 3.63) is 0 Å². The first-order chi connectivity index (χ1) is 8.35. The van der Waals surface area contributed by atoms with E-state index in [1.54, 1.807) is 0 Å². The van der Waals surface area contributed by atoms with E-state index in [1.807, 2.05) is 4.90 Å². The van der Waals surface area contributed by atoms with E-state index in [9.17, 15) is 4.79 Å². The average Bonchev–Trinajstić information content (AvgIpc) is 2.72. The van der Waals surface area contributed by atoms with Gasteiger partial charge in [-0.3, -0.25) is 4.79 Å². The predicted molar refractivity (Wildman–Crippen MR) is 70.8 cm³/mol. The third-order valence-corrected chi connectivity index (χ3v) is 4.94. The van der Waals surface area contributed by atoms with Crippen LogP contribution >= 0.6 is 0 Å². The van der Waals surface area contributed by atoms with Gasteiger partial charge in [0.2, 0.25) is 5.91 Å². The zero-order valence-electron chi connectivity index (χ0n) is 11.7. The molecule has 0 aromatic carbocycles. The molecule has 2 rings (SSSR count). The Bertz CT molecular complexity index is 330. The lowest BCUT2D eigenvalue weighted by atomic mass is 9.80. The van der Waals surface area contributed by atoms with Crippen molar-refractivity contribution >= 4 is 5.91 Å². The maximum absolute atomic E-state index is 11.9. The fourth-order valence-corrected chi connectivity index (χ4v) is 3.79. The number of nitrogens with zero attached hydrogens (tertiary/aromatic N) is 1. The largest absolute Gasteiger partial charge is 0.396 e. The van der Waals surface area contributed by atoms with Crippen molar-refractivity contribution in [3.63, 3.8) is 0 Å². The van der Waals surface area contributed by atoms with E-state index >= 15 is 0 Å². The zero-order valence-corrected chi connectivity index (χ0v) is 11.7. The highest BCUT2D eigenvalue weighted by Gasteiger charge is 2.46. The van der Waals surface area contributed by atoms with Gasteiger partial charge in [-0.2, -0.15) is 0 Å². The molecule has 3 N–H and O–H groups in total. The van der Waals surface area contributed by atoms with Gasteiger partial charge in [-0.25, -0.2) is 0 Å². The first kappa shape index (κ1) is 13.8. The molecule has 104 valence electrons. The fourth-order valence-electron chi connectivity index (χ4n) is 3.79. The highest BCUT2D eigenvalue weighted by atomic mass is 16.3. The van der Waals surface area contributed by atoms with Gasteiger partial charge in [0.15, 0.2) is 0 Å². The van der Waals surface area contributed by atoms with Gasteiger partial charge in [0.05, 0.1) is 0 Å². The van der Waals surface area contributed by atoms with Crippen molar-refractivity contribution in [2.45, 2.75) is 39.7 Å². The molecule has 2 fully saturated rings. The summed E-state index contributed by atoms with van der Waals surface area (Å²) >= 11 is 0. The van der Waals surface area contributed by atoms with E-state index in [1.165, 1.54) is 0 Å². The second-order valence-corrected chi connectivity index (χ2v) is 6.91. The second-order valence-electron chi connectivity index (χ2n) is 6.91. The molecule has 1 aliphatic heterocycles. The lowest BCUT2D eigenvalue weighted by molar-refractivity contribution is -0.128. The highest BCUT2D eigenvalue weighted by molar-refractivity contribution is 5.78. The average molecular weight is 254 g/mol. The van der Waals surface area contributed by atoms with Crippen LogP contribution in [0, 0.1) is 23.2 Å². The van der Waals surface area contributed by atoms with Crippen LogP contribution in [0.5, 0.6) is 0 Å². The summed E-state index contributed by atoms with van der Waals surface area (Å²) in [6.45, 7) is 8.28. The van der Waals surface area contributed by atoms with Crippen molar-refractivity contribution in [3.8, 4) is 0 Å². The number of nitrogens with two attached hydrogens (primary N) is 1. The molecular weight excluding hydrogens is 228 g/mol. The van der Waals surface area contributed by atoms with E-state index in [2.05, 4.69) is 20.8 Å². The van der Waals surface area contributed by atoms with Crippen LogP contribution in [0.4, 0.5) is 0 Å². The molecule has 4 atom stereocenters. The first-order valence-electron chi connectivity index (χ1n) is 6.99. The Morgan fingerprint density at radius 3 is 2.61 bits per heavy atom. The number of carbonyl (C=O) groups is 1. The van der Waals surface area contributed by atoms with Crippen molar-refractivity contribution in [2.24, 2.45) is 28.9 Å². The van der Waals surface area contributed by atoms with Gasteiger partial charge in [0.25, 0.3) is 0 Å². The van der Waals surface area contributed by atoms with Crippen LogP contribution in [-0.4, -0.2) is 41.7 Å². The van der Waals surface area contributed by atoms with Gasteiger partial charge < -0.3 is 15.7 Å². The number of amides is 1. The van der Waals surface area contributed by atoms with Crippen LogP contribution in [0.3, 0.4) is 0 Å². The van der Waals surface area contributed by atoms with Crippen molar-refractivity contribution in [1.82, 2.24) is 4.90 Å². The van der Waals surface area contributed by atoms with E-state index in [-0.39, 0.29) is 29.9 Å². The number of carbonyl (C=O) groups excluding carboxylic acids is 1. The Labute approximate surface area is 110 Å². The standard InChI is InChI=1S/C14H26N2O2/c1-9-5-14(2,3)11(13(9)15)7-16-6-10(8-17)4-12(16)18/h9-11,13,17H,4-8,15H2,1-3H3. The van der Waals surface area contributed by atoms with Gasteiger partial charge in [0.1, 0.15) is 0 Å². The molecule has 0 spiro atoms. The summed E-state index contributed by atoms with van der Waals surface area (Å²) in [7, 11) is 0. The molecule has 18 heavy (non-hydrogen) atoms. The lowest BCUT2D eigenvalue weighted by Crippen LogP contribution is -2.43. The first-order valence-corrected chi connectivity index (χ1v) is 6.99. The van der Waals surface area contributed by atoms with E-state index in [0.717, 1.165) is 13.0 Å². The Morgan fingerprint density at radius 2 is 2.17 bits per heavy atom. The van der Waals surface area contributed by atoms with Crippen molar-refractivity contribution < 1.29 is 9.90 Å². The monoisotopic (exact) mass is 254 g/mol. The summed E-state index contributed by atoms with van der Waals surface area (Å²) < 4.78 is 0. The van der Waals surface area contributed by atoms with Crippen LogP contribution in [0.15, 0.2) is 0 Å². The molecule has 0 bridgehead atoms. The van der Waals surface area contributed by atoms with Crippen LogP contribution in [-0.2, 0) is 4.79 Å². The number of aliphatic hydroxyl groups excluding tert-OH is 1. The summed E-state index contributed by atoms with van der Waals surface area (Å²) in [5.41, 5.74) is 6.51. The quantitative estimate of drug-likeness (QED) is 0.784. The smallest absolute Gasteiger partial charge is 0.223 e. The molecule has 4 unspecified atom stereocenters. The highest BCUT2D eigenvalue weighted by Crippen LogP contribution is 2.45. The van der Waals surface area contributed by atoms with Crippen LogP contribution in [0.25, 0.3) is 0 Å². The third-order valence-electron chi connectivity index (χ3n) is 4.94. The summed E-state index contributed by atoms with van der Waals surface area (Å²) in [5.74, 6) is 1.19. The SMILES string of the molecule is CC1CC(C)(C)C(CN2CC(CO)CC2=O)C1N. The van der Waals surface area contributed by atoms with E-state index in [0.29, 0.717) is 24.8 Å². The molecule has 0 aromatic rings. The molecule has 1 heterocycles. The Balaban J connectivity index is 2.03. The maximum atomic E-state index is 11.9. The minimum absolute atomic E-state index is 0.110. The molecule has 1 saturated carbocycles. The number of likely N-dealkylation sites (tertiary alicyclic amines) is 1. The van der Waals surface area contributed by atoms with Gasteiger partial charge in [0, 0.05) is 38.1 Å². The zero-order chi connectivity index (χ0) is 13.5. The van der Waals surface area contributed by atoms with Crippen LogP contribution in [0.2, 0.25) is 0 Å². The van der Waals surface area contributed by atoms with Gasteiger partial charge in [-0.1, -0.05) is 20.8 Å². The number of aliphatic hydroxyl groups is 1. The maximum Gasteiger partial charge on any atom is 0.223 e. The Hall–Kier alpha value is -0.610. The van der Waals surface area contributed by atoms with Gasteiger partial charge >= 0.3 is 0 Å². The fraction of sp³-hybridized carbons (Fsp3) is 0.929. The molecule has 1 amide bonds. The van der Waals surface area contributed by atoms with Gasteiger partial charge in [-0.05, 0) is 23.7 Å².